The Balaban J connectivity index is 2.61. The SMILES string of the molecule is Cc1cccc2c1CC/C2=N\N. The Morgan fingerprint density at radius 1 is 1.33 bits per heavy atom. The Morgan fingerprint density at radius 3 is 2.92 bits per heavy atom. The molecule has 0 unspecified atom stereocenters. The van der Waals surface area contributed by atoms with Crippen molar-refractivity contribution < 1.29 is 0 Å². The molecule has 0 heterocycles. The standard InChI is InChI=1S/C10H12N2/c1-7-3-2-4-9-8(7)5-6-10(9)12-11/h2-4H,5-6,11H2,1H3/b12-10+. The zero-order valence-corrected chi connectivity index (χ0v) is 7.17. The van der Waals surface area contributed by atoms with E-state index in [2.05, 4.69) is 30.2 Å². The van der Waals surface area contributed by atoms with Crippen LogP contribution >= 0.6 is 0 Å². The van der Waals surface area contributed by atoms with Gasteiger partial charge in [0.1, 0.15) is 0 Å². The number of hydrogen-bond donors (Lipinski definition) is 1. The number of fused-ring (bicyclic) bond motifs is 1. The van der Waals surface area contributed by atoms with Gasteiger partial charge in [-0.25, -0.2) is 0 Å². The van der Waals surface area contributed by atoms with E-state index in [1.54, 1.807) is 0 Å². The lowest BCUT2D eigenvalue weighted by Gasteiger charge is -2.01. The Bertz CT molecular complexity index is 340. The van der Waals surface area contributed by atoms with E-state index in [0.29, 0.717) is 0 Å². The van der Waals surface area contributed by atoms with Gasteiger partial charge in [0, 0.05) is 5.56 Å². The number of aryl methyl sites for hydroxylation is 1. The maximum Gasteiger partial charge on any atom is 0.0678 e. The number of nitrogens with two attached hydrogens (primary N) is 1. The highest BCUT2D eigenvalue weighted by atomic mass is 15.1. The van der Waals surface area contributed by atoms with Crippen LogP contribution in [-0.2, 0) is 6.42 Å². The van der Waals surface area contributed by atoms with Gasteiger partial charge in [0.2, 0.25) is 0 Å². The predicted molar refractivity (Wildman–Crippen MR) is 50.2 cm³/mol. The fourth-order valence-corrected chi connectivity index (χ4v) is 1.82. The molecule has 0 saturated carbocycles. The minimum absolute atomic E-state index is 0.997. The average Bonchev–Trinajstić information content (AvgIpc) is 2.49. The topological polar surface area (TPSA) is 38.4 Å². The Labute approximate surface area is 72.1 Å². The molecule has 0 aliphatic heterocycles. The molecule has 2 N–H and O–H groups in total. The normalized spacial score (nSPS) is 18.2. The van der Waals surface area contributed by atoms with Crippen LogP contribution in [-0.4, -0.2) is 5.71 Å². The minimum atomic E-state index is 0.997. The van der Waals surface area contributed by atoms with Crippen LogP contribution in [0.3, 0.4) is 0 Å². The molecule has 0 atom stereocenters. The predicted octanol–water partition coefficient (Wildman–Crippen LogP) is 1.60. The molecule has 1 aliphatic rings. The maximum atomic E-state index is 5.29. The lowest BCUT2D eigenvalue weighted by Crippen LogP contribution is -1.98. The van der Waals surface area contributed by atoms with Crippen molar-refractivity contribution in [2.45, 2.75) is 19.8 Å². The monoisotopic (exact) mass is 160 g/mol. The zero-order valence-electron chi connectivity index (χ0n) is 7.17. The Kier molecular flexibility index (Phi) is 1.61. The summed E-state index contributed by atoms with van der Waals surface area (Å²) in [5.74, 6) is 5.29. The first-order valence-electron chi connectivity index (χ1n) is 4.18. The third kappa shape index (κ3) is 0.916. The van der Waals surface area contributed by atoms with Crippen LogP contribution in [0.5, 0.6) is 0 Å². The van der Waals surface area contributed by atoms with Gasteiger partial charge < -0.3 is 5.84 Å². The molecule has 0 radical (unpaired) electrons. The molecular formula is C10H12N2. The smallest absolute Gasteiger partial charge is 0.0678 e. The van der Waals surface area contributed by atoms with Crippen molar-refractivity contribution in [1.29, 1.82) is 0 Å². The van der Waals surface area contributed by atoms with E-state index < -0.39 is 0 Å². The Hall–Kier alpha value is -1.31. The molecule has 1 aromatic rings. The van der Waals surface area contributed by atoms with Crippen molar-refractivity contribution in [2.24, 2.45) is 10.9 Å². The van der Waals surface area contributed by atoms with Crippen LogP contribution in [0, 0.1) is 6.92 Å². The number of hydrazone groups is 1. The molecular weight excluding hydrogens is 148 g/mol. The number of benzene rings is 1. The third-order valence-corrected chi connectivity index (χ3v) is 2.49. The summed E-state index contributed by atoms with van der Waals surface area (Å²) >= 11 is 0. The van der Waals surface area contributed by atoms with Gasteiger partial charge in [-0.1, -0.05) is 18.2 Å². The van der Waals surface area contributed by atoms with Crippen LogP contribution in [0.25, 0.3) is 0 Å². The zero-order chi connectivity index (χ0) is 8.55. The van der Waals surface area contributed by atoms with E-state index >= 15 is 0 Å². The highest BCUT2D eigenvalue weighted by molar-refractivity contribution is 6.04. The van der Waals surface area contributed by atoms with Gasteiger partial charge in [-0.05, 0) is 30.9 Å². The van der Waals surface area contributed by atoms with E-state index in [1.807, 2.05) is 0 Å². The molecule has 62 valence electrons. The molecule has 2 rings (SSSR count). The van der Waals surface area contributed by atoms with Gasteiger partial charge in [0.15, 0.2) is 0 Å². The van der Waals surface area contributed by atoms with E-state index in [9.17, 15) is 0 Å². The number of hydrogen-bond acceptors (Lipinski definition) is 2. The molecule has 0 amide bonds. The quantitative estimate of drug-likeness (QED) is 0.454. The lowest BCUT2D eigenvalue weighted by atomic mass is 10.0. The molecule has 0 aromatic heterocycles. The molecule has 1 aromatic carbocycles. The van der Waals surface area contributed by atoms with Gasteiger partial charge in [0.05, 0.1) is 5.71 Å². The highest BCUT2D eigenvalue weighted by Gasteiger charge is 2.18. The van der Waals surface area contributed by atoms with E-state index in [-0.39, 0.29) is 0 Å². The van der Waals surface area contributed by atoms with Crippen LogP contribution in [0.15, 0.2) is 23.3 Å². The molecule has 2 heteroatoms. The summed E-state index contributed by atoms with van der Waals surface area (Å²) in [5, 5.41) is 3.79. The first-order chi connectivity index (χ1) is 5.83. The summed E-state index contributed by atoms with van der Waals surface area (Å²) in [6, 6.07) is 6.30. The number of rotatable bonds is 0. The molecule has 12 heavy (non-hydrogen) atoms. The minimum Gasteiger partial charge on any atom is -0.323 e. The second-order valence-electron chi connectivity index (χ2n) is 3.18. The summed E-state index contributed by atoms with van der Waals surface area (Å²) in [6.45, 7) is 2.14. The first-order valence-corrected chi connectivity index (χ1v) is 4.18. The van der Waals surface area contributed by atoms with Gasteiger partial charge in [-0.3, -0.25) is 0 Å². The highest BCUT2D eigenvalue weighted by Crippen LogP contribution is 2.24. The van der Waals surface area contributed by atoms with Crippen molar-refractivity contribution in [1.82, 2.24) is 0 Å². The van der Waals surface area contributed by atoms with Gasteiger partial charge in [0.25, 0.3) is 0 Å². The fraction of sp³-hybridized carbons (Fsp3) is 0.300. The van der Waals surface area contributed by atoms with Gasteiger partial charge >= 0.3 is 0 Å². The lowest BCUT2D eigenvalue weighted by molar-refractivity contribution is 1.06. The van der Waals surface area contributed by atoms with Crippen LogP contribution in [0.2, 0.25) is 0 Å². The van der Waals surface area contributed by atoms with Gasteiger partial charge in [-0.2, -0.15) is 5.10 Å². The second-order valence-corrected chi connectivity index (χ2v) is 3.18. The van der Waals surface area contributed by atoms with Gasteiger partial charge in [-0.15, -0.1) is 0 Å². The molecule has 0 spiro atoms. The third-order valence-electron chi connectivity index (χ3n) is 2.49. The number of nitrogens with zero attached hydrogens (tertiary/aromatic N) is 1. The second kappa shape index (κ2) is 2.63. The van der Waals surface area contributed by atoms with Crippen molar-refractivity contribution >= 4 is 5.71 Å². The first kappa shape index (κ1) is 7.35. The van der Waals surface area contributed by atoms with Crippen molar-refractivity contribution in [3.63, 3.8) is 0 Å². The van der Waals surface area contributed by atoms with Crippen LogP contribution < -0.4 is 5.84 Å². The largest absolute Gasteiger partial charge is 0.323 e. The van der Waals surface area contributed by atoms with Crippen LogP contribution in [0.1, 0.15) is 23.1 Å². The summed E-state index contributed by atoms with van der Waals surface area (Å²) in [4.78, 5) is 0. The average molecular weight is 160 g/mol. The fourth-order valence-electron chi connectivity index (χ4n) is 1.82. The summed E-state index contributed by atoms with van der Waals surface area (Å²) in [5.41, 5.74) is 5.07. The summed E-state index contributed by atoms with van der Waals surface area (Å²) < 4.78 is 0. The summed E-state index contributed by atoms with van der Waals surface area (Å²) in [7, 11) is 0. The maximum absolute atomic E-state index is 5.29. The molecule has 1 aliphatic carbocycles. The summed E-state index contributed by atoms with van der Waals surface area (Å²) in [6.07, 6.45) is 2.09. The molecule has 2 nitrogen and oxygen atoms in total. The van der Waals surface area contributed by atoms with E-state index in [1.165, 1.54) is 16.7 Å². The Morgan fingerprint density at radius 2 is 2.17 bits per heavy atom. The van der Waals surface area contributed by atoms with Crippen molar-refractivity contribution in [2.75, 3.05) is 0 Å². The van der Waals surface area contributed by atoms with E-state index in [4.69, 9.17) is 5.84 Å². The van der Waals surface area contributed by atoms with Crippen LogP contribution in [0.4, 0.5) is 0 Å². The van der Waals surface area contributed by atoms with Crippen molar-refractivity contribution in [3.05, 3.63) is 34.9 Å². The molecule has 0 bridgehead atoms. The van der Waals surface area contributed by atoms with E-state index in [0.717, 1.165) is 18.6 Å². The van der Waals surface area contributed by atoms with Crippen molar-refractivity contribution in [3.8, 4) is 0 Å². The molecule has 0 fully saturated rings. The molecule has 0 saturated heterocycles.